The molecule has 1 unspecified atom stereocenters. The predicted molar refractivity (Wildman–Crippen MR) is 173 cm³/mol. The molecule has 1 N–H and O–H groups in total. The molecule has 234 valence electrons. The van der Waals surface area contributed by atoms with E-state index in [4.69, 9.17) is 26.1 Å². The zero-order valence-corrected chi connectivity index (χ0v) is 26.4. The maximum atomic E-state index is 16.5. The smallest absolute Gasteiger partial charge is 0.319 e. The van der Waals surface area contributed by atoms with Gasteiger partial charge in [0.25, 0.3) is 0 Å². The molecule has 3 aliphatic rings. The van der Waals surface area contributed by atoms with Crippen LogP contribution in [0.15, 0.2) is 37.2 Å². The molecule has 0 radical (unpaired) electrons. The van der Waals surface area contributed by atoms with Crippen LogP contribution in [0.1, 0.15) is 52.4 Å². The van der Waals surface area contributed by atoms with Gasteiger partial charge < -0.3 is 14.4 Å². The number of halogens is 2. The van der Waals surface area contributed by atoms with Crippen LogP contribution in [0.2, 0.25) is 5.02 Å². The van der Waals surface area contributed by atoms with E-state index in [2.05, 4.69) is 36.5 Å². The van der Waals surface area contributed by atoms with Crippen molar-refractivity contribution in [3.05, 3.63) is 48.0 Å². The van der Waals surface area contributed by atoms with Crippen molar-refractivity contribution < 1.29 is 13.9 Å². The Kier molecular flexibility index (Phi) is 9.30. The molecular formula is C33H41ClFN7O2. The standard InChI is InChI=1S/C31H35ClFN7O2.C2H6/c1-2-12-41-18-20-6-3-9-39(17-20)29-24-15-34-27(22-13-21(32)14-25-23(22)16-35-38-25)26(33)28(24)36-30(37-29)42-19-31-7-4-10-40(31)11-5-8-31;1-2/h2,13-16,20H,1,3-12,17-19H2,(H,35,38);1-2H3. The number of pyridine rings is 1. The van der Waals surface area contributed by atoms with Crippen LogP contribution < -0.4 is 9.64 Å². The summed E-state index contributed by atoms with van der Waals surface area (Å²) in [6.07, 6.45) is 11.7. The van der Waals surface area contributed by atoms with Crippen LogP contribution in [0.25, 0.3) is 33.1 Å². The van der Waals surface area contributed by atoms with Gasteiger partial charge in [-0.05, 0) is 69.7 Å². The first-order valence-corrected chi connectivity index (χ1v) is 16.2. The third-order valence-electron chi connectivity index (χ3n) is 9.11. The Morgan fingerprint density at radius 3 is 2.73 bits per heavy atom. The van der Waals surface area contributed by atoms with Gasteiger partial charge in [0.2, 0.25) is 0 Å². The fourth-order valence-electron chi connectivity index (χ4n) is 7.10. The van der Waals surface area contributed by atoms with Crippen LogP contribution in [0.4, 0.5) is 10.2 Å². The Hall–Kier alpha value is -3.34. The molecule has 0 saturated carbocycles. The summed E-state index contributed by atoms with van der Waals surface area (Å²) in [4.78, 5) is 18.9. The summed E-state index contributed by atoms with van der Waals surface area (Å²) in [5.41, 5.74) is 1.64. The first kappa shape index (κ1) is 30.7. The maximum absolute atomic E-state index is 16.5. The van der Waals surface area contributed by atoms with Crippen LogP contribution in [-0.2, 0) is 4.74 Å². The van der Waals surface area contributed by atoms with E-state index in [1.807, 2.05) is 13.8 Å². The van der Waals surface area contributed by atoms with E-state index < -0.39 is 5.82 Å². The number of nitrogens with one attached hydrogen (secondary N) is 1. The van der Waals surface area contributed by atoms with E-state index in [0.717, 1.165) is 57.2 Å². The average Bonchev–Trinajstić information content (AvgIpc) is 3.77. The second-order valence-electron chi connectivity index (χ2n) is 11.8. The minimum atomic E-state index is -0.532. The second-order valence-corrected chi connectivity index (χ2v) is 12.2. The van der Waals surface area contributed by atoms with Gasteiger partial charge in [-0.25, -0.2) is 4.39 Å². The lowest BCUT2D eigenvalue weighted by Crippen LogP contribution is -2.43. The molecule has 7 rings (SSSR count). The number of H-pyrrole nitrogens is 1. The van der Waals surface area contributed by atoms with Gasteiger partial charge in [0.05, 0.1) is 35.9 Å². The molecule has 1 atom stereocenters. The summed E-state index contributed by atoms with van der Waals surface area (Å²) in [6, 6.07) is 3.67. The average molecular weight is 622 g/mol. The number of benzene rings is 1. The highest BCUT2D eigenvalue weighted by Crippen LogP contribution is 2.40. The van der Waals surface area contributed by atoms with Crippen molar-refractivity contribution in [2.45, 2.75) is 57.9 Å². The van der Waals surface area contributed by atoms with Crippen molar-refractivity contribution in [2.75, 3.05) is 50.9 Å². The van der Waals surface area contributed by atoms with E-state index in [1.54, 1.807) is 30.6 Å². The van der Waals surface area contributed by atoms with Gasteiger partial charge >= 0.3 is 6.01 Å². The molecule has 3 saturated heterocycles. The van der Waals surface area contributed by atoms with Crippen molar-refractivity contribution in [3.63, 3.8) is 0 Å². The lowest BCUT2D eigenvalue weighted by atomic mass is 9.95. The fourth-order valence-corrected chi connectivity index (χ4v) is 7.32. The molecule has 0 bridgehead atoms. The van der Waals surface area contributed by atoms with E-state index >= 15 is 4.39 Å². The molecule has 9 nitrogen and oxygen atoms in total. The Bertz CT molecular complexity index is 1620. The van der Waals surface area contributed by atoms with Crippen LogP contribution >= 0.6 is 11.6 Å². The number of hydrogen-bond donors (Lipinski definition) is 1. The number of anilines is 1. The highest BCUT2D eigenvalue weighted by Gasteiger charge is 2.45. The van der Waals surface area contributed by atoms with Gasteiger partial charge in [-0.2, -0.15) is 15.1 Å². The van der Waals surface area contributed by atoms with Crippen molar-refractivity contribution in [3.8, 4) is 17.3 Å². The number of nitrogens with zero attached hydrogens (tertiary/aromatic N) is 6. The topological polar surface area (TPSA) is 92.3 Å². The zero-order chi connectivity index (χ0) is 30.7. The van der Waals surface area contributed by atoms with E-state index in [9.17, 15) is 0 Å². The largest absolute Gasteiger partial charge is 0.461 e. The summed E-state index contributed by atoms with van der Waals surface area (Å²) < 4.78 is 28.7. The number of rotatable bonds is 9. The Balaban J connectivity index is 0.00000168. The number of fused-ring (bicyclic) bond motifs is 3. The van der Waals surface area contributed by atoms with Gasteiger partial charge in [-0.15, -0.1) is 6.58 Å². The molecule has 1 aromatic carbocycles. The molecule has 3 aliphatic heterocycles. The summed E-state index contributed by atoms with van der Waals surface area (Å²) >= 11 is 6.39. The molecular weight excluding hydrogens is 581 g/mol. The molecule has 0 amide bonds. The number of ether oxygens (including phenoxy) is 2. The third kappa shape index (κ3) is 5.87. The molecule has 4 aromatic rings. The SMILES string of the molecule is C=CCOCC1CCCN(c2nc(OCC34CCCN3CCC4)nc3c(F)c(-c4cc(Cl)cc5[nH]ncc45)ncc23)C1.CC. The van der Waals surface area contributed by atoms with Gasteiger partial charge in [0.1, 0.15) is 23.6 Å². The molecule has 0 aliphatic carbocycles. The third-order valence-corrected chi connectivity index (χ3v) is 9.33. The van der Waals surface area contributed by atoms with Crippen molar-refractivity contribution >= 4 is 39.2 Å². The molecule has 6 heterocycles. The van der Waals surface area contributed by atoms with E-state index in [1.165, 1.54) is 12.8 Å². The molecule has 3 fully saturated rings. The summed E-state index contributed by atoms with van der Waals surface area (Å²) in [7, 11) is 0. The van der Waals surface area contributed by atoms with Crippen molar-refractivity contribution in [1.29, 1.82) is 0 Å². The molecule has 11 heteroatoms. The van der Waals surface area contributed by atoms with Crippen molar-refractivity contribution in [2.24, 2.45) is 5.92 Å². The minimum absolute atomic E-state index is 0.0207. The van der Waals surface area contributed by atoms with Gasteiger partial charge in [0.15, 0.2) is 5.82 Å². The summed E-state index contributed by atoms with van der Waals surface area (Å²) in [5, 5.41) is 8.80. The summed E-state index contributed by atoms with van der Waals surface area (Å²) in [5.74, 6) is 0.443. The Labute approximate surface area is 262 Å². The zero-order valence-electron chi connectivity index (χ0n) is 25.6. The highest BCUT2D eigenvalue weighted by molar-refractivity contribution is 6.31. The lowest BCUT2D eigenvalue weighted by molar-refractivity contribution is 0.107. The number of piperidine rings is 1. The predicted octanol–water partition coefficient (Wildman–Crippen LogP) is 6.81. The lowest BCUT2D eigenvalue weighted by Gasteiger charge is -2.34. The van der Waals surface area contributed by atoms with E-state index in [0.29, 0.717) is 53.0 Å². The minimum Gasteiger partial charge on any atom is -0.461 e. The van der Waals surface area contributed by atoms with Gasteiger partial charge in [-0.1, -0.05) is 31.5 Å². The normalized spacial score (nSPS) is 19.6. The fraction of sp³-hybridized carbons (Fsp3) is 0.515. The number of aromatic amines is 1. The van der Waals surface area contributed by atoms with Gasteiger partial charge in [-0.3, -0.25) is 15.0 Å². The van der Waals surface area contributed by atoms with E-state index in [-0.39, 0.29) is 22.8 Å². The number of hydrogen-bond acceptors (Lipinski definition) is 8. The molecule has 44 heavy (non-hydrogen) atoms. The monoisotopic (exact) mass is 621 g/mol. The molecule has 3 aromatic heterocycles. The molecule has 0 spiro atoms. The van der Waals surface area contributed by atoms with Crippen LogP contribution in [-0.4, -0.2) is 81.6 Å². The van der Waals surface area contributed by atoms with Crippen LogP contribution in [0.5, 0.6) is 6.01 Å². The Morgan fingerprint density at radius 1 is 1.11 bits per heavy atom. The van der Waals surface area contributed by atoms with Crippen LogP contribution in [0, 0.1) is 11.7 Å². The van der Waals surface area contributed by atoms with Gasteiger partial charge in [0, 0.05) is 35.3 Å². The first-order valence-electron chi connectivity index (χ1n) is 15.9. The van der Waals surface area contributed by atoms with Crippen LogP contribution in [0.3, 0.4) is 0 Å². The van der Waals surface area contributed by atoms with Crippen molar-refractivity contribution in [1.82, 2.24) is 30.0 Å². The Morgan fingerprint density at radius 2 is 1.93 bits per heavy atom. The quantitative estimate of drug-likeness (QED) is 0.161. The first-order chi connectivity index (χ1) is 21.5. The summed E-state index contributed by atoms with van der Waals surface area (Å²) in [6.45, 7) is 13.1. The maximum Gasteiger partial charge on any atom is 0.319 e. The second kappa shape index (κ2) is 13.3. The highest BCUT2D eigenvalue weighted by atomic mass is 35.5. The number of aromatic nitrogens is 5.